The quantitative estimate of drug-likeness (QED) is 0.427. The Kier molecular flexibility index (Phi) is 9.21. The maximum atomic E-state index is 13.4. The molecule has 2 atom stereocenters. The van der Waals surface area contributed by atoms with Gasteiger partial charge < -0.3 is 31.1 Å². The number of likely N-dealkylation sites (N-methyl/N-ethyl adjacent to an activating group) is 1. The zero-order valence-corrected chi connectivity index (χ0v) is 20.3. The third kappa shape index (κ3) is 8.65. The van der Waals surface area contributed by atoms with Crippen molar-refractivity contribution in [2.24, 2.45) is 5.73 Å². The lowest BCUT2D eigenvalue weighted by Gasteiger charge is -2.31. The van der Waals surface area contributed by atoms with E-state index in [2.05, 4.69) is 10.6 Å². The maximum Gasteiger partial charge on any atom is 0.408 e. The Bertz CT molecular complexity index is 1050. The highest BCUT2D eigenvalue weighted by molar-refractivity contribution is 5.94. The number of nitrogens with two attached hydrogens (primary N) is 1. The minimum Gasteiger partial charge on any atom is -0.508 e. The molecule has 0 heterocycles. The lowest BCUT2D eigenvalue weighted by Crippen LogP contribution is -2.52. The number of nitrogens with zero attached hydrogens (tertiary/aromatic N) is 1. The molecule has 10 heteroatoms. The molecule has 2 rings (SSSR count). The zero-order chi connectivity index (χ0) is 26.2. The summed E-state index contributed by atoms with van der Waals surface area (Å²) in [5.41, 5.74) is 5.65. The third-order valence-electron chi connectivity index (χ3n) is 4.87. The van der Waals surface area contributed by atoms with Crippen LogP contribution in [0.4, 0.5) is 4.79 Å². The number of amides is 4. The van der Waals surface area contributed by atoms with Crippen molar-refractivity contribution >= 4 is 23.8 Å². The van der Waals surface area contributed by atoms with Crippen molar-refractivity contribution in [1.82, 2.24) is 15.5 Å². The van der Waals surface area contributed by atoms with Crippen molar-refractivity contribution in [2.75, 3.05) is 7.05 Å². The molecule has 2 aromatic rings. The number of nitrogens with one attached hydrogen (secondary N) is 2. The minimum atomic E-state index is -1.37. The normalized spacial score (nSPS) is 12.7. The summed E-state index contributed by atoms with van der Waals surface area (Å²) in [4.78, 5) is 51.6. The van der Waals surface area contributed by atoms with Crippen LogP contribution in [0, 0.1) is 0 Å². The summed E-state index contributed by atoms with van der Waals surface area (Å²) in [6.45, 7) is 5.16. The van der Waals surface area contributed by atoms with Gasteiger partial charge in [-0.3, -0.25) is 14.4 Å². The Morgan fingerprint density at radius 2 is 1.71 bits per heavy atom. The molecule has 0 aliphatic heterocycles. The molecule has 0 aliphatic carbocycles. The van der Waals surface area contributed by atoms with E-state index < -0.39 is 47.9 Å². The van der Waals surface area contributed by atoms with E-state index in [1.165, 1.54) is 19.2 Å². The first-order valence-electron chi connectivity index (χ1n) is 11.0. The molecule has 188 valence electrons. The molecule has 2 aromatic carbocycles. The number of phenolic OH excluding ortho intramolecular Hbond substituents is 1. The average molecular weight is 485 g/mol. The van der Waals surface area contributed by atoms with Gasteiger partial charge in [-0.25, -0.2) is 4.79 Å². The molecule has 5 N–H and O–H groups in total. The van der Waals surface area contributed by atoms with E-state index in [0.717, 1.165) is 10.5 Å². The van der Waals surface area contributed by atoms with Gasteiger partial charge in [0, 0.05) is 13.6 Å². The van der Waals surface area contributed by atoms with Crippen LogP contribution in [-0.2, 0) is 25.7 Å². The van der Waals surface area contributed by atoms with E-state index in [0.29, 0.717) is 5.56 Å². The average Bonchev–Trinajstić information content (AvgIpc) is 2.76. The first-order chi connectivity index (χ1) is 16.4. The molecule has 0 aliphatic rings. The summed E-state index contributed by atoms with van der Waals surface area (Å²) in [5, 5.41) is 15.1. The fourth-order valence-corrected chi connectivity index (χ4v) is 3.35. The topological polar surface area (TPSA) is 151 Å². The summed E-state index contributed by atoms with van der Waals surface area (Å²) in [6, 6.07) is 12.6. The fourth-order valence-electron chi connectivity index (χ4n) is 3.35. The van der Waals surface area contributed by atoms with Gasteiger partial charge in [-0.1, -0.05) is 42.5 Å². The van der Waals surface area contributed by atoms with Crippen LogP contribution in [0.25, 0.3) is 0 Å². The van der Waals surface area contributed by atoms with Gasteiger partial charge >= 0.3 is 6.09 Å². The zero-order valence-electron chi connectivity index (χ0n) is 20.3. The molecule has 0 aromatic heterocycles. The van der Waals surface area contributed by atoms with Gasteiger partial charge in [-0.15, -0.1) is 0 Å². The van der Waals surface area contributed by atoms with E-state index >= 15 is 0 Å². The van der Waals surface area contributed by atoms with E-state index in [9.17, 15) is 24.3 Å². The highest BCUT2D eigenvalue weighted by Crippen LogP contribution is 2.24. The molecule has 0 spiro atoms. The summed E-state index contributed by atoms with van der Waals surface area (Å²) in [5.74, 6) is -2.18. The minimum absolute atomic E-state index is 0.0928. The van der Waals surface area contributed by atoms with E-state index in [-0.39, 0.29) is 12.3 Å². The Morgan fingerprint density at radius 1 is 1.06 bits per heavy atom. The Hall–Kier alpha value is -4.08. The van der Waals surface area contributed by atoms with Crippen molar-refractivity contribution in [1.29, 1.82) is 0 Å². The molecule has 2 unspecified atom stereocenters. The number of carbonyl (C=O) groups excluding carboxylic acids is 4. The number of alkyl carbamates (subject to hydrolysis) is 1. The number of hydrogen-bond acceptors (Lipinski definition) is 6. The molecule has 0 saturated heterocycles. The summed E-state index contributed by atoms with van der Waals surface area (Å²) < 4.78 is 5.19. The molecule has 0 bridgehead atoms. The molecular formula is C25H32N4O6. The first-order valence-corrected chi connectivity index (χ1v) is 11.0. The van der Waals surface area contributed by atoms with Crippen LogP contribution in [0.2, 0.25) is 0 Å². The number of rotatable bonds is 9. The third-order valence-corrected chi connectivity index (χ3v) is 4.87. The highest BCUT2D eigenvalue weighted by Gasteiger charge is 2.35. The fraction of sp³-hybridized carbons (Fsp3) is 0.360. The standard InChI is InChI=1S/C25H32N4O6/c1-25(2,3)35-24(34)28-19(14-20(26)31)23(33)29(4)21(17-11-8-12-18(30)13-17)22(32)27-15-16-9-6-5-7-10-16/h5-13,19,21,30H,14-15H2,1-4H3,(H2,26,31)(H,27,32)(H,28,34). The first kappa shape index (κ1) is 27.2. The van der Waals surface area contributed by atoms with Crippen molar-refractivity contribution in [3.05, 3.63) is 65.7 Å². The number of phenols is 1. The lowest BCUT2D eigenvalue weighted by atomic mass is 10.0. The Morgan fingerprint density at radius 3 is 2.29 bits per heavy atom. The number of ether oxygens (including phenoxy) is 1. The monoisotopic (exact) mass is 484 g/mol. The van der Waals surface area contributed by atoms with Crippen LogP contribution in [0.3, 0.4) is 0 Å². The van der Waals surface area contributed by atoms with Gasteiger partial charge in [0.1, 0.15) is 23.4 Å². The summed E-state index contributed by atoms with van der Waals surface area (Å²) >= 11 is 0. The Balaban J connectivity index is 2.31. The molecule has 10 nitrogen and oxygen atoms in total. The second kappa shape index (κ2) is 11.9. The van der Waals surface area contributed by atoms with E-state index in [1.807, 2.05) is 30.3 Å². The Labute approximate surface area is 204 Å². The molecule has 0 saturated carbocycles. The molecule has 35 heavy (non-hydrogen) atoms. The highest BCUT2D eigenvalue weighted by atomic mass is 16.6. The molecule has 0 fully saturated rings. The lowest BCUT2D eigenvalue weighted by molar-refractivity contribution is -0.141. The number of hydrogen-bond donors (Lipinski definition) is 4. The second-order valence-electron chi connectivity index (χ2n) is 9.02. The van der Waals surface area contributed by atoms with Crippen molar-refractivity contribution < 1.29 is 29.0 Å². The van der Waals surface area contributed by atoms with Crippen LogP contribution in [-0.4, -0.2) is 52.5 Å². The number of primary amides is 1. The largest absolute Gasteiger partial charge is 0.508 e. The predicted molar refractivity (Wildman–Crippen MR) is 129 cm³/mol. The molecule has 4 amide bonds. The van der Waals surface area contributed by atoms with Crippen molar-refractivity contribution in [2.45, 2.75) is 51.4 Å². The summed E-state index contributed by atoms with van der Waals surface area (Å²) in [6.07, 6.45) is -1.41. The second-order valence-corrected chi connectivity index (χ2v) is 9.02. The van der Waals surface area contributed by atoms with Crippen LogP contribution >= 0.6 is 0 Å². The van der Waals surface area contributed by atoms with E-state index in [4.69, 9.17) is 10.5 Å². The molecular weight excluding hydrogens is 452 g/mol. The summed E-state index contributed by atoms with van der Waals surface area (Å²) in [7, 11) is 1.36. The van der Waals surface area contributed by atoms with Gasteiger partial charge in [0.2, 0.25) is 17.7 Å². The van der Waals surface area contributed by atoms with Gasteiger partial charge in [0.25, 0.3) is 0 Å². The van der Waals surface area contributed by atoms with Gasteiger partial charge in [0.15, 0.2) is 0 Å². The smallest absolute Gasteiger partial charge is 0.408 e. The van der Waals surface area contributed by atoms with E-state index in [1.54, 1.807) is 32.9 Å². The number of aromatic hydroxyl groups is 1. The van der Waals surface area contributed by atoms with Crippen LogP contribution in [0.1, 0.15) is 44.4 Å². The van der Waals surface area contributed by atoms with Gasteiger partial charge in [-0.05, 0) is 44.0 Å². The van der Waals surface area contributed by atoms with Crippen LogP contribution < -0.4 is 16.4 Å². The number of benzene rings is 2. The van der Waals surface area contributed by atoms with Crippen molar-refractivity contribution in [3.8, 4) is 5.75 Å². The van der Waals surface area contributed by atoms with Crippen molar-refractivity contribution in [3.63, 3.8) is 0 Å². The van der Waals surface area contributed by atoms with Gasteiger partial charge in [-0.2, -0.15) is 0 Å². The molecule has 0 radical (unpaired) electrons. The van der Waals surface area contributed by atoms with Crippen LogP contribution in [0.5, 0.6) is 5.75 Å². The number of carbonyl (C=O) groups is 4. The SMILES string of the molecule is CN(C(=O)C(CC(N)=O)NC(=O)OC(C)(C)C)C(C(=O)NCc1ccccc1)c1cccc(O)c1. The maximum absolute atomic E-state index is 13.4. The predicted octanol–water partition coefficient (Wildman–Crippen LogP) is 1.98. The van der Waals surface area contributed by atoms with Crippen LogP contribution in [0.15, 0.2) is 54.6 Å². The van der Waals surface area contributed by atoms with Gasteiger partial charge in [0.05, 0.1) is 6.42 Å².